The van der Waals surface area contributed by atoms with Gasteiger partial charge in [0.15, 0.2) is 5.78 Å². The molecule has 0 bridgehead atoms. The Bertz CT molecular complexity index is 325. The zero-order valence-electron chi connectivity index (χ0n) is 10.3. The van der Waals surface area contributed by atoms with Crippen LogP contribution in [0.3, 0.4) is 0 Å². The van der Waals surface area contributed by atoms with Gasteiger partial charge in [0.05, 0.1) is 0 Å². The zero-order chi connectivity index (χ0) is 11.6. The van der Waals surface area contributed by atoms with Crippen molar-refractivity contribution in [3.8, 4) is 0 Å². The number of nitrogens with zero attached hydrogens (tertiary/aromatic N) is 2. The first-order chi connectivity index (χ1) is 6.80. The minimum absolute atomic E-state index is 0.0528. The highest BCUT2D eigenvalue weighted by Gasteiger charge is 2.27. The molecule has 0 amide bonds. The van der Waals surface area contributed by atoms with Gasteiger partial charge in [-0.2, -0.15) is 0 Å². The van der Waals surface area contributed by atoms with E-state index in [0.717, 1.165) is 18.0 Å². The molecule has 0 N–H and O–H groups in total. The van der Waals surface area contributed by atoms with Crippen LogP contribution in [0.15, 0.2) is 16.8 Å². The van der Waals surface area contributed by atoms with Crippen molar-refractivity contribution in [2.24, 2.45) is 10.4 Å². The van der Waals surface area contributed by atoms with E-state index in [1.165, 1.54) is 0 Å². The van der Waals surface area contributed by atoms with E-state index in [9.17, 15) is 4.79 Å². The highest BCUT2D eigenvalue weighted by Crippen LogP contribution is 2.34. The Morgan fingerprint density at radius 2 is 2.00 bits per heavy atom. The Morgan fingerprint density at radius 1 is 1.40 bits per heavy atom. The van der Waals surface area contributed by atoms with Gasteiger partial charge < -0.3 is 4.90 Å². The van der Waals surface area contributed by atoms with Crippen molar-refractivity contribution in [3.05, 3.63) is 11.8 Å². The Morgan fingerprint density at radius 3 is 2.47 bits per heavy atom. The fraction of sp³-hybridized carbons (Fsp3) is 0.667. The molecular formula is C12H20N2O. The highest BCUT2D eigenvalue weighted by atomic mass is 16.1. The van der Waals surface area contributed by atoms with E-state index in [4.69, 9.17) is 0 Å². The topological polar surface area (TPSA) is 32.7 Å². The van der Waals surface area contributed by atoms with Gasteiger partial charge in [-0.15, -0.1) is 0 Å². The van der Waals surface area contributed by atoms with Crippen molar-refractivity contribution in [2.75, 3.05) is 14.1 Å². The van der Waals surface area contributed by atoms with Crippen LogP contribution in [0.5, 0.6) is 0 Å². The summed E-state index contributed by atoms with van der Waals surface area (Å²) < 4.78 is 0. The maximum absolute atomic E-state index is 11.5. The monoisotopic (exact) mass is 208 g/mol. The van der Waals surface area contributed by atoms with E-state index in [1.54, 1.807) is 6.08 Å². The molecule has 0 spiro atoms. The van der Waals surface area contributed by atoms with E-state index < -0.39 is 0 Å². The SMILES string of the molecule is CC(=NC1=CC(=O)CC(C)(C)C1)N(C)C. The first-order valence-electron chi connectivity index (χ1n) is 5.26. The molecule has 0 saturated carbocycles. The zero-order valence-corrected chi connectivity index (χ0v) is 10.3. The summed E-state index contributed by atoms with van der Waals surface area (Å²) >= 11 is 0. The summed E-state index contributed by atoms with van der Waals surface area (Å²) in [5.41, 5.74) is 0.958. The minimum atomic E-state index is 0.0528. The Hall–Kier alpha value is -1.12. The average Bonchev–Trinajstić information content (AvgIpc) is 1.99. The van der Waals surface area contributed by atoms with Crippen molar-refractivity contribution in [1.82, 2.24) is 4.90 Å². The van der Waals surface area contributed by atoms with Gasteiger partial charge >= 0.3 is 0 Å². The van der Waals surface area contributed by atoms with E-state index >= 15 is 0 Å². The van der Waals surface area contributed by atoms with E-state index in [1.807, 2.05) is 25.9 Å². The molecule has 3 heteroatoms. The summed E-state index contributed by atoms with van der Waals surface area (Å²) in [6, 6.07) is 0. The molecule has 84 valence electrons. The van der Waals surface area contributed by atoms with Gasteiger partial charge in [0, 0.05) is 32.3 Å². The molecule has 1 rings (SSSR count). The lowest BCUT2D eigenvalue weighted by Gasteiger charge is -2.27. The van der Waals surface area contributed by atoms with Crippen LogP contribution in [-0.4, -0.2) is 30.6 Å². The normalized spacial score (nSPS) is 21.3. The number of amidine groups is 1. The van der Waals surface area contributed by atoms with E-state index in [-0.39, 0.29) is 11.2 Å². The van der Waals surface area contributed by atoms with Gasteiger partial charge in [-0.25, -0.2) is 4.99 Å². The lowest BCUT2D eigenvalue weighted by molar-refractivity contribution is -0.117. The molecule has 0 aliphatic heterocycles. The predicted octanol–water partition coefficient (Wildman–Crippen LogP) is 2.24. The molecule has 0 fully saturated rings. The first-order valence-corrected chi connectivity index (χ1v) is 5.26. The molecule has 0 aromatic heterocycles. The molecule has 0 aromatic rings. The molecule has 0 atom stereocenters. The maximum atomic E-state index is 11.5. The molecule has 3 nitrogen and oxygen atoms in total. The van der Waals surface area contributed by atoms with Crippen LogP contribution >= 0.6 is 0 Å². The fourth-order valence-corrected chi connectivity index (χ4v) is 1.69. The molecule has 1 aliphatic rings. The van der Waals surface area contributed by atoms with Crippen LogP contribution in [0.4, 0.5) is 0 Å². The highest BCUT2D eigenvalue weighted by molar-refractivity contribution is 5.92. The second kappa shape index (κ2) is 4.17. The summed E-state index contributed by atoms with van der Waals surface area (Å²) in [5.74, 6) is 1.13. The lowest BCUT2D eigenvalue weighted by Crippen LogP contribution is -2.23. The summed E-state index contributed by atoms with van der Waals surface area (Å²) in [5, 5.41) is 0. The molecule has 0 radical (unpaired) electrons. The van der Waals surface area contributed by atoms with E-state index in [0.29, 0.717) is 6.42 Å². The van der Waals surface area contributed by atoms with Crippen molar-refractivity contribution >= 4 is 11.6 Å². The van der Waals surface area contributed by atoms with Crippen LogP contribution in [0, 0.1) is 5.41 Å². The number of allylic oxidation sites excluding steroid dienone is 2. The largest absolute Gasteiger partial charge is 0.366 e. The first kappa shape index (κ1) is 12.0. The number of carbonyl (C=O) groups excluding carboxylic acids is 1. The third kappa shape index (κ3) is 3.50. The number of carbonyl (C=O) groups is 1. The van der Waals surface area contributed by atoms with Gasteiger partial charge in [-0.1, -0.05) is 13.8 Å². The average molecular weight is 208 g/mol. The maximum Gasteiger partial charge on any atom is 0.158 e. The Kier molecular flexibility index (Phi) is 3.32. The molecular weight excluding hydrogens is 188 g/mol. The van der Waals surface area contributed by atoms with Gasteiger partial charge in [0.2, 0.25) is 0 Å². The van der Waals surface area contributed by atoms with Crippen LogP contribution in [0.1, 0.15) is 33.6 Å². The minimum Gasteiger partial charge on any atom is -0.366 e. The second-order valence-corrected chi connectivity index (χ2v) is 5.17. The van der Waals surface area contributed by atoms with Crippen LogP contribution in [0.2, 0.25) is 0 Å². The third-order valence-electron chi connectivity index (χ3n) is 2.59. The Balaban J connectivity index is 2.88. The number of aliphatic imine (C=N–C) groups is 1. The molecule has 15 heavy (non-hydrogen) atoms. The van der Waals surface area contributed by atoms with Crippen LogP contribution < -0.4 is 0 Å². The molecule has 0 unspecified atom stereocenters. The van der Waals surface area contributed by atoms with Crippen LogP contribution in [-0.2, 0) is 4.79 Å². The number of hydrogen-bond acceptors (Lipinski definition) is 2. The molecule has 1 aliphatic carbocycles. The summed E-state index contributed by atoms with van der Waals surface area (Å²) in [6.07, 6.45) is 3.19. The molecule has 0 aromatic carbocycles. The number of ketones is 1. The van der Waals surface area contributed by atoms with Gasteiger partial charge in [0.1, 0.15) is 5.84 Å². The smallest absolute Gasteiger partial charge is 0.158 e. The quantitative estimate of drug-likeness (QED) is 0.489. The van der Waals surface area contributed by atoms with Gasteiger partial charge in [0.25, 0.3) is 0 Å². The van der Waals surface area contributed by atoms with Crippen LogP contribution in [0.25, 0.3) is 0 Å². The van der Waals surface area contributed by atoms with Gasteiger partial charge in [-0.05, 0) is 18.8 Å². The van der Waals surface area contributed by atoms with Gasteiger partial charge in [-0.3, -0.25) is 4.79 Å². The van der Waals surface area contributed by atoms with Crippen molar-refractivity contribution in [2.45, 2.75) is 33.6 Å². The Labute approximate surface area is 91.9 Å². The second-order valence-electron chi connectivity index (χ2n) is 5.17. The molecule has 0 saturated heterocycles. The lowest BCUT2D eigenvalue weighted by atomic mass is 9.79. The molecule has 0 heterocycles. The predicted molar refractivity (Wildman–Crippen MR) is 62.9 cm³/mol. The van der Waals surface area contributed by atoms with Crippen molar-refractivity contribution in [3.63, 3.8) is 0 Å². The number of hydrogen-bond donors (Lipinski definition) is 0. The standard InChI is InChI=1S/C12H20N2O/c1-9(14(4)5)13-10-6-11(15)8-12(2,3)7-10/h6H,7-8H2,1-5H3. The van der Waals surface area contributed by atoms with Crippen molar-refractivity contribution < 1.29 is 4.79 Å². The van der Waals surface area contributed by atoms with E-state index in [2.05, 4.69) is 18.8 Å². The summed E-state index contributed by atoms with van der Waals surface area (Å²) in [7, 11) is 3.91. The van der Waals surface area contributed by atoms with Crippen molar-refractivity contribution in [1.29, 1.82) is 0 Å². The summed E-state index contributed by atoms with van der Waals surface area (Å²) in [4.78, 5) is 17.9. The summed E-state index contributed by atoms with van der Waals surface area (Å²) in [6.45, 7) is 6.17. The fourth-order valence-electron chi connectivity index (χ4n) is 1.69. The third-order valence-corrected chi connectivity index (χ3v) is 2.59. The number of rotatable bonds is 1.